The second-order valence-electron chi connectivity index (χ2n) is 9.82. The third-order valence-electron chi connectivity index (χ3n) is 7.22. The van der Waals surface area contributed by atoms with E-state index in [2.05, 4.69) is 46.6 Å². The predicted molar refractivity (Wildman–Crippen MR) is 141 cm³/mol. The van der Waals surface area contributed by atoms with Crippen molar-refractivity contribution in [3.05, 3.63) is 53.6 Å². The summed E-state index contributed by atoms with van der Waals surface area (Å²) in [7, 11) is 3.43. The molecule has 0 spiro atoms. The van der Waals surface area contributed by atoms with Crippen molar-refractivity contribution < 1.29 is 18.9 Å². The molecule has 1 fully saturated rings. The van der Waals surface area contributed by atoms with Gasteiger partial charge >= 0.3 is 0 Å². The first-order valence-corrected chi connectivity index (χ1v) is 13.0. The SMILES string of the molecule is COCCCN1CCOc2ccc(CO[C@H]3CN[C@H](C[C@@H](C)C#N)C[C@@H]3c3ccc(OC)cc3)cc21. The molecule has 4 atom stereocenters. The van der Waals surface area contributed by atoms with Crippen molar-refractivity contribution >= 4 is 5.69 Å². The highest BCUT2D eigenvalue weighted by molar-refractivity contribution is 5.61. The molecule has 4 rings (SSSR count). The molecule has 0 radical (unpaired) electrons. The zero-order valence-corrected chi connectivity index (χ0v) is 21.7. The van der Waals surface area contributed by atoms with Gasteiger partial charge in [0, 0.05) is 44.7 Å². The fourth-order valence-corrected chi connectivity index (χ4v) is 5.25. The summed E-state index contributed by atoms with van der Waals surface area (Å²) < 4.78 is 23.1. The first kappa shape index (κ1) is 26.3. The van der Waals surface area contributed by atoms with Crippen LogP contribution in [0.2, 0.25) is 0 Å². The molecule has 1 N–H and O–H groups in total. The largest absolute Gasteiger partial charge is 0.497 e. The van der Waals surface area contributed by atoms with E-state index in [1.165, 1.54) is 5.56 Å². The number of benzene rings is 2. The van der Waals surface area contributed by atoms with E-state index in [4.69, 9.17) is 18.9 Å². The van der Waals surface area contributed by atoms with Gasteiger partial charge < -0.3 is 29.2 Å². The zero-order chi connectivity index (χ0) is 25.3. The smallest absolute Gasteiger partial charge is 0.142 e. The summed E-state index contributed by atoms with van der Waals surface area (Å²) in [5, 5.41) is 12.9. The number of methoxy groups -OCH3 is 2. The number of nitrogens with zero attached hydrogens (tertiary/aromatic N) is 2. The van der Waals surface area contributed by atoms with Crippen LogP contribution < -0.4 is 19.7 Å². The first-order valence-electron chi connectivity index (χ1n) is 13.0. The van der Waals surface area contributed by atoms with Crippen LogP contribution in [0.3, 0.4) is 0 Å². The van der Waals surface area contributed by atoms with Crippen LogP contribution in [0.5, 0.6) is 11.5 Å². The lowest BCUT2D eigenvalue weighted by atomic mass is 9.82. The van der Waals surface area contributed by atoms with Crippen LogP contribution in [0.15, 0.2) is 42.5 Å². The zero-order valence-electron chi connectivity index (χ0n) is 21.7. The van der Waals surface area contributed by atoms with E-state index < -0.39 is 0 Å². The Morgan fingerprint density at radius 1 is 1.19 bits per heavy atom. The van der Waals surface area contributed by atoms with Gasteiger partial charge in [0.1, 0.15) is 18.1 Å². The molecule has 2 aliphatic heterocycles. The second kappa shape index (κ2) is 13.0. The Balaban J connectivity index is 1.45. The highest BCUT2D eigenvalue weighted by Crippen LogP contribution is 2.35. The Bertz CT molecular complexity index is 1010. The summed E-state index contributed by atoms with van der Waals surface area (Å²) in [5.74, 6) is 2.07. The Morgan fingerprint density at radius 2 is 2.03 bits per heavy atom. The molecule has 36 heavy (non-hydrogen) atoms. The van der Waals surface area contributed by atoms with Crippen LogP contribution in [0.4, 0.5) is 5.69 Å². The van der Waals surface area contributed by atoms with Crippen LogP contribution in [0.25, 0.3) is 0 Å². The molecular formula is C29H39N3O4. The van der Waals surface area contributed by atoms with Gasteiger partial charge in [-0.2, -0.15) is 5.26 Å². The average Bonchev–Trinajstić information content (AvgIpc) is 2.92. The fourth-order valence-electron chi connectivity index (χ4n) is 5.25. The Morgan fingerprint density at radius 3 is 2.78 bits per heavy atom. The van der Waals surface area contributed by atoms with Crippen molar-refractivity contribution in [3.8, 4) is 17.6 Å². The summed E-state index contributed by atoms with van der Waals surface area (Å²) in [4.78, 5) is 2.38. The Hall–Kier alpha value is -2.79. The van der Waals surface area contributed by atoms with Crippen molar-refractivity contribution in [2.75, 3.05) is 52.0 Å². The Kier molecular flexibility index (Phi) is 9.46. The summed E-state index contributed by atoms with van der Waals surface area (Å²) >= 11 is 0. The van der Waals surface area contributed by atoms with Gasteiger partial charge in [-0.25, -0.2) is 0 Å². The molecule has 0 aromatic heterocycles. The number of hydrogen-bond donors (Lipinski definition) is 1. The van der Waals surface area contributed by atoms with Crippen molar-refractivity contribution in [3.63, 3.8) is 0 Å². The topological polar surface area (TPSA) is 76.0 Å². The summed E-state index contributed by atoms with van der Waals surface area (Å²) in [6.07, 6.45) is 2.81. The van der Waals surface area contributed by atoms with E-state index in [0.29, 0.717) is 19.3 Å². The van der Waals surface area contributed by atoms with Gasteiger partial charge in [0.25, 0.3) is 0 Å². The van der Waals surface area contributed by atoms with Gasteiger partial charge in [0.15, 0.2) is 0 Å². The summed E-state index contributed by atoms with van der Waals surface area (Å²) in [6.45, 7) is 6.58. The maximum Gasteiger partial charge on any atom is 0.142 e. The quantitative estimate of drug-likeness (QED) is 0.462. The van der Waals surface area contributed by atoms with Crippen LogP contribution in [-0.4, -0.2) is 59.2 Å². The third kappa shape index (κ3) is 6.70. The van der Waals surface area contributed by atoms with Crippen LogP contribution >= 0.6 is 0 Å². The number of nitriles is 1. The lowest BCUT2D eigenvalue weighted by Gasteiger charge is -2.38. The lowest BCUT2D eigenvalue weighted by molar-refractivity contribution is 0.00167. The van der Waals surface area contributed by atoms with Crippen LogP contribution in [0, 0.1) is 17.2 Å². The van der Waals surface area contributed by atoms with Crippen molar-refractivity contribution in [1.29, 1.82) is 5.26 Å². The highest BCUT2D eigenvalue weighted by atomic mass is 16.5. The molecule has 0 amide bonds. The van der Waals surface area contributed by atoms with Gasteiger partial charge in [0.05, 0.1) is 38.1 Å². The Labute approximate surface area is 215 Å². The molecule has 1 saturated heterocycles. The van der Waals surface area contributed by atoms with E-state index in [1.54, 1.807) is 14.2 Å². The lowest BCUT2D eigenvalue weighted by Crippen LogP contribution is -2.47. The molecule has 2 aromatic carbocycles. The minimum atomic E-state index is 0.0287. The molecule has 7 nitrogen and oxygen atoms in total. The normalized spacial score (nSPS) is 22.3. The number of fused-ring (bicyclic) bond motifs is 1. The second-order valence-corrected chi connectivity index (χ2v) is 9.82. The van der Waals surface area contributed by atoms with Crippen molar-refractivity contribution in [1.82, 2.24) is 5.32 Å². The van der Waals surface area contributed by atoms with Crippen molar-refractivity contribution in [2.45, 2.75) is 50.9 Å². The number of piperidine rings is 1. The summed E-state index contributed by atoms with van der Waals surface area (Å²) in [6, 6.07) is 17.4. The average molecular weight is 494 g/mol. The molecule has 0 unspecified atom stereocenters. The predicted octanol–water partition coefficient (Wildman–Crippen LogP) is 4.51. The molecule has 2 aliphatic rings. The maximum atomic E-state index is 9.30. The van der Waals surface area contributed by atoms with E-state index in [-0.39, 0.29) is 17.9 Å². The summed E-state index contributed by atoms with van der Waals surface area (Å²) in [5.41, 5.74) is 3.53. The number of anilines is 1. The van der Waals surface area contributed by atoms with Gasteiger partial charge in [0.2, 0.25) is 0 Å². The standard InChI is InChI=1S/C29H39N3O4/c1-21(18-30)15-24-17-26(23-6-8-25(34-3)9-7-23)29(19-31-24)36-20-22-5-10-28-27(16-22)32(12-14-35-28)11-4-13-33-2/h5-10,16,21,24,26,29,31H,4,11-15,17,19-20H2,1-3H3/t21-,24-,26-,29+/m1/s1. The number of rotatable bonds is 11. The van der Waals surface area contributed by atoms with Crippen LogP contribution in [-0.2, 0) is 16.1 Å². The minimum absolute atomic E-state index is 0.0287. The first-order chi connectivity index (χ1) is 17.6. The number of hydrogen-bond acceptors (Lipinski definition) is 7. The molecule has 0 bridgehead atoms. The molecule has 2 aromatic rings. The van der Waals surface area contributed by atoms with Crippen LogP contribution in [0.1, 0.15) is 43.2 Å². The number of ether oxygens (including phenoxy) is 4. The van der Waals surface area contributed by atoms with E-state index >= 15 is 0 Å². The van der Waals surface area contributed by atoms with Crippen molar-refractivity contribution in [2.24, 2.45) is 5.92 Å². The van der Waals surface area contributed by atoms with Gasteiger partial charge in [-0.15, -0.1) is 0 Å². The fraction of sp³-hybridized carbons (Fsp3) is 0.552. The van der Waals surface area contributed by atoms with Gasteiger partial charge in [-0.1, -0.05) is 18.2 Å². The van der Waals surface area contributed by atoms with E-state index in [9.17, 15) is 5.26 Å². The monoisotopic (exact) mass is 493 g/mol. The highest BCUT2D eigenvalue weighted by Gasteiger charge is 2.33. The molecule has 0 saturated carbocycles. The molecular weight excluding hydrogens is 454 g/mol. The minimum Gasteiger partial charge on any atom is -0.497 e. The molecule has 2 heterocycles. The molecule has 0 aliphatic carbocycles. The molecule has 7 heteroatoms. The third-order valence-corrected chi connectivity index (χ3v) is 7.22. The number of nitrogens with one attached hydrogen (secondary N) is 1. The van der Waals surface area contributed by atoms with E-state index in [0.717, 1.165) is 68.3 Å². The maximum absolute atomic E-state index is 9.30. The molecule has 194 valence electrons. The van der Waals surface area contributed by atoms with E-state index in [1.807, 2.05) is 19.1 Å². The van der Waals surface area contributed by atoms with Gasteiger partial charge in [-0.3, -0.25) is 0 Å². The van der Waals surface area contributed by atoms with Gasteiger partial charge in [-0.05, 0) is 61.6 Å².